The van der Waals surface area contributed by atoms with E-state index < -0.39 is 0 Å². The highest BCUT2D eigenvalue weighted by atomic mass is 16.1. The van der Waals surface area contributed by atoms with Crippen molar-refractivity contribution in [1.82, 2.24) is 10.3 Å². The zero-order chi connectivity index (χ0) is 20.3. The van der Waals surface area contributed by atoms with Crippen LogP contribution in [0.2, 0.25) is 0 Å². The van der Waals surface area contributed by atoms with Gasteiger partial charge in [-0.1, -0.05) is 27.7 Å². The second-order valence-electron chi connectivity index (χ2n) is 9.99. The molecule has 5 nitrogen and oxygen atoms in total. The van der Waals surface area contributed by atoms with Crippen molar-refractivity contribution in [3.8, 4) is 0 Å². The highest BCUT2D eigenvalue weighted by Gasteiger charge is 2.45. The lowest BCUT2D eigenvalue weighted by Gasteiger charge is -2.39. The second kappa shape index (κ2) is 6.45. The fourth-order valence-corrected chi connectivity index (χ4v) is 5.35. The summed E-state index contributed by atoms with van der Waals surface area (Å²) < 4.78 is 0. The minimum atomic E-state index is -0.389. The van der Waals surface area contributed by atoms with Gasteiger partial charge in [-0.15, -0.1) is 0 Å². The van der Waals surface area contributed by atoms with Crippen molar-refractivity contribution < 1.29 is 9.59 Å². The fraction of sp³-hybridized carbons (Fsp3) is 0.565. The number of aromatic nitrogens is 1. The third kappa shape index (κ3) is 3.16. The Hall–Kier alpha value is -2.14. The summed E-state index contributed by atoms with van der Waals surface area (Å²) in [5.41, 5.74) is 8.76. The Kier molecular flexibility index (Phi) is 4.42. The van der Waals surface area contributed by atoms with Crippen LogP contribution in [0.3, 0.4) is 0 Å². The van der Waals surface area contributed by atoms with Crippen molar-refractivity contribution >= 4 is 22.6 Å². The lowest BCUT2D eigenvalue weighted by Crippen LogP contribution is -2.40. The molecule has 1 saturated carbocycles. The van der Waals surface area contributed by atoms with Crippen LogP contribution in [0, 0.1) is 5.41 Å². The molecular weight excluding hydrogens is 350 g/mol. The molecule has 2 aliphatic carbocycles. The van der Waals surface area contributed by atoms with E-state index in [4.69, 9.17) is 5.73 Å². The first kappa shape index (κ1) is 19.2. The predicted octanol–water partition coefficient (Wildman–Crippen LogP) is 4.06. The number of H-pyrrole nitrogens is 1. The van der Waals surface area contributed by atoms with Gasteiger partial charge in [0.25, 0.3) is 5.91 Å². The molecule has 28 heavy (non-hydrogen) atoms. The summed E-state index contributed by atoms with van der Waals surface area (Å²) >= 11 is 0. The van der Waals surface area contributed by atoms with Gasteiger partial charge in [0.15, 0.2) is 5.78 Å². The smallest absolute Gasteiger partial charge is 0.251 e. The minimum Gasteiger partial charge on any atom is -0.352 e. The van der Waals surface area contributed by atoms with E-state index in [-0.39, 0.29) is 34.6 Å². The van der Waals surface area contributed by atoms with Crippen LogP contribution in [0.1, 0.15) is 86.2 Å². The Morgan fingerprint density at radius 1 is 1.11 bits per heavy atom. The first-order chi connectivity index (χ1) is 13.1. The molecule has 2 aliphatic rings. The molecule has 4 rings (SSSR count). The summed E-state index contributed by atoms with van der Waals surface area (Å²) in [5.74, 6) is 0.111. The van der Waals surface area contributed by atoms with Gasteiger partial charge in [-0.3, -0.25) is 9.59 Å². The highest BCUT2D eigenvalue weighted by molar-refractivity contribution is 6.08. The van der Waals surface area contributed by atoms with Crippen LogP contribution in [-0.2, 0) is 5.41 Å². The van der Waals surface area contributed by atoms with Crippen molar-refractivity contribution in [2.24, 2.45) is 11.1 Å². The molecule has 0 aliphatic heterocycles. The number of Topliss-reactive ketones (excluding diaryl/α,β-unsaturated/α-hetero) is 1. The molecule has 5 heteroatoms. The first-order valence-corrected chi connectivity index (χ1v) is 10.4. The Bertz CT molecular complexity index is 946. The summed E-state index contributed by atoms with van der Waals surface area (Å²) in [7, 11) is 0. The summed E-state index contributed by atoms with van der Waals surface area (Å²) in [5, 5.41) is 4.15. The van der Waals surface area contributed by atoms with Crippen molar-refractivity contribution in [2.45, 2.75) is 77.3 Å². The zero-order valence-corrected chi connectivity index (χ0v) is 17.3. The van der Waals surface area contributed by atoms with Crippen LogP contribution >= 0.6 is 0 Å². The standard InChI is InChI=1S/C23H31N3O2/c1-22(2)12-23(3,4)20(27)19-18(22)16-11-13(5-10-17(16)26-19)21(28)25-15-8-6-14(24)7-9-15/h5,10-11,14-15,26H,6-9,12,24H2,1-4H3,(H,25,28)/t14-,15-. The van der Waals surface area contributed by atoms with Crippen LogP contribution < -0.4 is 11.1 Å². The number of rotatable bonds is 2. The van der Waals surface area contributed by atoms with Gasteiger partial charge in [0, 0.05) is 34.0 Å². The molecular formula is C23H31N3O2. The van der Waals surface area contributed by atoms with Crippen LogP contribution in [0.5, 0.6) is 0 Å². The molecule has 1 aromatic heterocycles. The molecule has 4 N–H and O–H groups in total. The number of nitrogens with one attached hydrogen (secondary N) is 2. The predicted molar refractivity (Wildman–Crippen MR) is 112 cm³/mol. The summed E-state index contributed by atoms with van der Waals surface area (Å²) in [6.45, 7) is 8.40. The monoisotopic (exact) mass is 381 g/mol. The first-order valence-electron chi connectivity index (χ1n) is 10.4. The summed E-state index contributed by atoms with van der Waals surface area (Å²) in [4.78, 5) is 29.2. The van der Waals surface area contributed by atoms with E-state index in [0.717, 1.165) is 48.6 Å². The van der Waals surface area contributed by atoms with Crippen LogP contribution in [0.4, 0.5) is 0 Å². The molecule has 1 heterocycles. The van der Waals surface area contributed by atoms with Crippen molar-refractivity contribution in [1.29, 1.82) is 0 Å². The van der Waals surface area contributed by atoms with Crippen LogP contribution in [0.15, 0.2) is 18.2 Å². The van der Waals surface area contributed by atoms with Crippen molar-refractivity contribution in [3.63, 3.8) is 0 Å². The molecule has 1 fully saturated rings. The second-order valence-corrected chi connectivity index (χ2v) is 9.99. The molecule has 0 saturated heterocycles. The molecule has 2 aromatic rings. The highest BCUT2D eigenvalue weighted by Crippen LogP contribution is 2.48. The van der Waals surface area contributed by atoms with Gasteiger partial charge in [0.2, 0.25) is 0 Å². The number of benzene rings is 1. The maximum Gasteiger partial charge on any atom is 0.251 e. The summed E-state index contributed by atoms with van der Waals surface area (Å²) in [6, 6.07) is 6.18. The molecule has 0 atom stereocenters. The molecule has 0 radical (unpaired) electrons. The van der Waals surface area contributed by atoms with E-state index >= 15 is 0 Å². The lowest BCUT2D eigenvalue weighted by molar-refractivity contribution is 0.0759. The maximum atomic E-state index is 13.0. The average molecular weight is 382 g/mol. The number of aromatic amines is 1. The maximum absolute atomic E-state index is 13.0. The molecule has 150 valence electrons. The largest absolute Gasteiger partial charge is 0.352 e. The molecule has 0 unspecified atom stereocenters. The topological polar surface area (TPSA) is 88.0 Å². The Morgan fingerprint density at radius 2 is 1.79 bits per heavy atom. The average Bonchev–Trinajstić information content (AvgIpc) is 3.00. The van der Waals surface area contributed by atoms with E-state index in [1.165, 1.54) is 0 Å². The number of carbonyl (C=O) groups is 2. The minimum absolute atomic E-state index is 0.0439. The van der Waals surface area contributed by atoms with Crippen molar-refractivity contribution in [2.75, 3.05) is 0 Å². The molecule has 0 bridgehead atoms. The Balaban J connectivity index is 1.68. The van der Waals surface area contributed by atoms with Crippen LogP contribution in [-0.4, -0.2) is 28.8 Å². The number of carbonyl (C=O) groups excluding carboxylic acids is 2. The fourth-order valence-electron chi connectivity index (χ4n) is 5.35. The molecule has 0 spiro atoms. The normalized spacial score (nSPS) is 26.1. The van der Waals surface area contributed by atoms with Gasteiger partial charge in [-0.2, -0.15) is 0 Å². The quantitative estimate of drug-likeness (QED) is 0.733. The number of hydrogen-bond acceptors (Lipinski definition) is 3. The van der Waals surface area contributed by atoms with Gasteiger partial charge in [-0.05, 0) is 61.3 Å². The SMILES string of the molecule is CC1(C)CC(C)(C)c2c([nH]c3ccc(C(=O)N[C@H]4CC[C@H](N)CC4)cc23)C1=O. The van der Waals surface area contributed by atoms with Gasteiger partial charge >= 0.3 is 0 Å². The number of nitrogens with two attached hydrogens (primary N) is 1. The number of hydrogen-bond donors (Lipinski definition) is 3. The summed E-state index contributed by atoms with van der Waals surface area (Å²) in [6.07, 6.45) is 4.58. The van der Waals surface area contributed by atoms with E-state index in [2.05, 4.69) is 24.1 Å². The number of amides is 1. The third-order valence-corrected chi connectivity index (χ3v) is 6.57. The van der Waals surface area contributed by atoms with Gasteiger partial charge in [0.05, 0.1) is 5.69 Å². The van der Waals surface area contributed by atoms with E-state index in [0.29, 0.717) is 11.3 Å². The molecule has 1 aromatic carbocycles. The van der Waals surface area contributed by atoms with E-state index in [9.17, 15) is 9.59 Å². The number of fused-ring (bicyclic) bond motifs is 3. The Labute approximate surface area is 166 Å². The lowest BCUT2D eigenvalue weighted by atomic mass is 9.63. The zero-order valence-electron chi connectivity index (χ0n) is 17.3. The Morgan fingerprint density at radius 3 is 2.46 bits per heavy atom. The molecule has 1 amide bonds. The third-order valence-electron chi connectivity index (χ3n) is 6.57. The van der Waals surface area contributed by atoms with Gasteiger partial charge in [0.1, 0.15) is 0 Å². The van der Waals surface area contributed by atoms with Gasteiger partial charge < -0.3 is 16.0 Å². The van der Waals surface area contributed by atoms with E-state index in [1.807, 2.05) is 32.0 Å². The van der Waals surface area contributed by atoms with Crippen LogP contribution in [0.25, 0.3) is 10.9 Å². The number of ketones is 1. The van der Waals surface area contributed by atoms with Crippen molar-refractivity contribution in [3.05, 3.63) is 35.0 Å². The van der Waals surface area contributed by atoms with Gasteiger partial charge in [-0.25, -0.2) is 0 Å². The van der Waals surface area contributed by atoms with E-state index in [1.54, 1.807) is 0 Å².